The van der Waals surface area contributed by atoms with Gasteiger partial charge in [-0.05, 0) is 11.6 Å². The van der Waals surface area contributed by atoms with Crippen LogP contribution in [0.15, 0.2) is 58.3 Å². The summed E-state index contributed by atoms with van der Waals surface area (Å²) in [4.78, 5) is 12.4. The number of azo groups is 1. The molecule has 3 nitrogen and oxygen atoms in total. The molecule has 1 heterocycles. The molecule has 17 heavy (non-hydrogen) atoms. The fourth-order valence-corrected chi connectivity index (χ4v) is 2.60. The van der Waals surface area contributed by atoms with Gasteiger partial charge >= 0.3 is 0 Å². The molecule has 1 unspecified atom stereocenters. The van der Waals surface area contributed by atoms with Crippen LogP contribution in [0.25, 0.3) is 5.70 Å². The van der Waals surface area contributed by atoms with Crippen LogP contribution in [0.5, 0.6) is 0 Å². The second-order valence-corrected chi connectivity index (χ2v) is 4.29. The Morgan fingerprint density at radius 2 is 2.06 bits per heavy atom. The topological polar surface area (TPSA) is 41.8 Å². The van der Waals surface area contributed by atoms with Crippen molar-refractivity contribution >= 4 is 17.2 Å². The van der Waals surface area contributed by atoms with E-state index in [1.807, 2.05) is 42.5 Å². The van der Waals surface area contributed by atoms with E-state index in [0.29, 0.717) is 0 Å². The van der Waals surface area contributed by atoms with Gasteiger partial charge in [0, 0.05) is 11.1 Å². The van der Waals surface area contributed by atoms with Gasteiger partial charge in [0.25, 0.3) is 0 Å². The van der Waals surface area contributed by atoms with Crippen LogP contribution >= 0.6 is 0 Å². The molecule has 1 aromatic carbocycles. The number of fused-ring (bicyclic) bond motifs is 1. The average Bonchev–Trinajstić information content (AvgIpc) is 2.81. The molecule has 0 bridgehead atoms. The number of carbonyl (C=O) groups excluding carboxylic acids is 1. The van der Waals surface area contributed by atoms with Crippen molar-refractivity contribution in [3.63, 3.8) is 0 Å². The summed E-state index contributed by atoms with van der Waals surface area (Å²) in [7, 11) is 0. The largest absolute Gasteiger partial charge is 0.293 e. The van der Waals surface area contributed by atoms with Gasteiger partial charge in [-0.25, -0.2) is 0 Å². The van der Waals surface area contributed by atoms with Crippen LogP contribution in [0.3, 0.4) is 0 Å². The first-order valence-electron chi connectivity index (χ1n) is 5.54. The molecule has 0 aromatic heterocycles. The van der Waals surface area contributed by atoms with Crippen LogP contribution in [0.4, 0.5) is 5.69 Å². The molecule has 1 aromatic rings. The molecule has 0 saturated heterocycles. The van der Waals surface area contributed by atoms with E-state index < -0.39 is 0 Å². The third-order valence-electron chi connectivity index (χ3n) is 3.38. The molecule has 1 atom stereocenters. The van der Waals surface area contributed by atoms with Crippen molar-refractivity contribution in [2.75, 3.05) is 0 Å². The molecule has 0 spiro atoms. The zero-order valence-corrected chi connectivity index (χ0v) is 8.92. The normalized spacial score (nSPS) is 23.1. The van der Waals surface area contributed by atoms with E-state index >= 15 is 0 Å². The van der Waals surface area contributed by atoms with E-state index in [1.165, 1.54) is 0 Å². The van der Waals surface area contributed by atoms with Crippen molar-refractivity contribution in [2.45, 2.75) is 0 Å². The standard InChI is InChI=1S/C14H8N2O/c17-14-9-5-2-1-4-8(9)13-12-10(14)6-3-7-11(12)15-16-13/h1-7,9H. The van der Waals surface area contributed by atoms with Crippen LogP contribution in [-0.2, 0) is 0 Å². The van der Waals surface area contributed by atoms with Crippen molar-refractivity contribution in [1.29, 1.82) is 0 Å². The highest BCUT2D eigenvalue weighted by Gasteiger charge is 2.35. The van der Waals surface area contributed by atoms with Crippen LogP contribution in [-0.4, -0.2) is 5.78 Å². The summed E-state index contributed by atoms with van der Waals surface area (Å²) in [5.41, 5.74) is 4.29. The molecule has 0 fully saturated rings. The van der Waals surface area contributed by atoms with Gasteiger partial charge in [-0.15, -0.1) is 10.2 Å². The Hall–Kier alpha value is -2.29. The lowest BCUT2D eigenvalue weighted by atomic mass is 9.78. The van der Waals surface area contributed by atoms with E-state index in [2.05, 4.69) is 10.2 Å². The summed E-state index contributed by atoms with van der Waals surface area (Å²) in [6, 6.07) is 5.62. The van der Waals surface area contributed by atoms with E-state index in [4.69, 9.17) is 0 Å². The van der Waals surface area contributed by atoms with Gasteiger partial charge in [0.15, 0.2) is 5.78 Å². The minimum atomic E-state index is -0.185. The monoisotopic (exact) mass is 220 g/mol. The Morgan fingerprint density at radius 1 is 1.12 bits per heavy atom. The highest BCUT2D eigenvalue weighted by atomic mass is 16.1. The Labute approximate surface area is 97.9 Å². The number of rotatable bonds is 0. The lowest BCUT2D eigenvalue weighted by molar-refractivity contribution is 0.0959. The quantitative estimate of drug-likeness (QED) is 0.660. The summed E-state index contributed by atoms with van der Waals surface area (Å²) < 4.78 is 0. The molecule has 80 valence electrons. The number of hydrogen-bond acceptors (Lipinski definition) is 3. The lowest BCUT2D eigenvalue weighted by Gasteiger charge is -2.23. The first kappa shape index (κ1) is 8.82. The fourth-order valence-electron chi connectivity index (χ4n) is 2.60. The number of ketones is 1. The van der Waals surface area contributed by atoms with E-state index in [9.17, 15) is 4.79 Å². The van der Waals surface area contributed by atoms with Crippen LogP contribution in [0, 0.1) is 5.92 Å². The maximum absolute atomic E-state index is 12.4. The first-order chi connectivity index (χ1) is 8.36. The third kappa shape index (κ3) is 0.984. The van der Waals surface area contributed by atoms with E-state index in [0.717, 1.165) is 28.1 Å². The number of benzene rings is 1. The molecule has 0 amide bonds. The first-order valence-corrected chi connectivity index (χ1v) is 5.54. The minimum absolute atomic E-state index is 0.147. The zero-order chi connectivity index (χ0) is 11.4. The number of Topliss-reactive ketones (excluding diaryl/α,β-unsaturated/α-hetero) is 1. The Kier molecular flexibility index (Phi) is 1.50. The van der Waals surface area contributed by atoms with Crippen molar-refractivity contribution in [2.24, 2.45) is 16.1 Å². The molecule has 4 rings (SSSR count). The highest BCUT2D eigenvalue weighted by molar-refractivity contribution is 6.11. The second kappa shape index (κ2) is 2.88. The molecular weight excluding hydrogens is 212 g/mol. The van der Waals surface area contributed by atoms with Gasteiger partial charge in [-0.1, -0.05) is 36.4 Å². The Bertz CT molecular complexity index is 677. The number of allylic oxidation sites excluding steroid dienone is 5. The summed E-state index contributed by atoms with van der Waals surface area (Å²) in [5.74, 6) is -0.0386. The molecule has 1 aliphatic heterocycles. The van der Waals surface area contributed by atoms with E-state index in [1.54, 1.807) is 0 Å². The van der Waals surface area contributed by atoms with Crippen molar-refractivity contribution in [1.82, 2.24) is 0 Å². The zero-order valence-electron chi connectivity index (χ0n) is 8.92. The van der Waals surface area contributed by atoms with Crippen molar-refractivity contribution in [3.05, 3.63) is 59.2 Å². The SMILES string of the molecule is O=C1c2cccc3c2C(=C2C=CC=CC12)N=N3. The fraction of sp³-hybridized carbons (Fsp3) is 0.0714. The molecular formula is C14H8N2O. The van der Waals surface area contributed by atoms with Gasteiger partial charge in [0.05, 0.1) is 11.6 Å². The van der Waals surface area contributed by atoms with Crippen LogP contribution in [0.2, 0.25) is 0 Å². The summed E-state index contributed by atoms with van der Waals surface area (Å²) in [6.45, 7) is 0. The Morgan fingerprint density at radius 3 is 3.00 bits per heavy atom. The smallest absolute Gasteiger partial charge is 0.174 e. The van der Waals surface area contributed by atoms with Crippen LogP contribution < -0.4 is 0 Å². The molecule has 0 N–H and O–H groups in total. The average molecular weight is 220 g/mol. The predicted octanol–water partition coefficient (Wildman–Crippen LogP) is 3.43. The third-order valence-corrected chi connectivity index (χ3v) is 3.38. The summed E-state index contributed by atoms with van der Waals surface area (Å²) in [6.07, 6.45) is 7.73. The van der Waals surface area contributed by atoms with Gasteiger partial charge < -0.3 is 0 Å². The molecule has 3 heteroatoms. The van der Waals surface area contributed by atoms with Gasteiger partial charge in [-0.3, -0.25) is 4.79 Å². The maximum Gasteiger partial charge on any atom is 0.174 e. The minimum Gasteiger partial charge on any atom is -0.293 e. The highest BCUT2D eigenvalue weighted by Crippen LogP contribution is 2.46. The van der Waals surface area contributed by atoms with Crippen molar-refractivity contribution < 1.29 is 4.79 Å². The van der Waals surface area contributed by atoms with E-state index in [-0.39, 0.29) is 11.7 Å². The molecule has 0 radical (unpaired) electrons. The Balaban J connectivity index is 2.13. The van der Waals surface area contributed by atoms with Crippen molar-refractivity contribution in [3.8, 4) is 0 Å². The lowest BCUT2D eigenvalue weighted by Crippen LogP contribution is -2.21. The summed E-state index contributed by atoms with van der Waals surface area (Å²) in [5, 5.41) is 8.36. The number of hydrogen-bond donors (Lipinski definition) is 0. The van der Waals surface area contributed by atoms with Gasteiger partial charge in [0.1, 0.15) is 5.70 Å². The molecule has 2 aliphatic carbocycles. The summed E-state index contributed by atoms with van der Waals surface area (Å²) >= 11 is 0. The number of carbonyl (C=O) groups is 1. The number of nitrogens with zero attached hydrogens (tertiary/aromatic N) is 2. The maximum atomic E-state index is 12.4. The van der Waals surface area contributed by atoms with Crippen LogP contribution in [0.1, 0.15) is 15.9 Å². The molecule has 0 saturated carbocycles. The van der Waals surface area contributed by atoms with Gasteiger partial charge in [0.2, 0.25) is 0 Å². The second-order valence-electron chi connectivity index (χ2n) is 4.29. The predicted molar refractivity (Wildman–Crippen MR) is 64.0 cm³/mol. The van der Waals surface area contributed by atoms with Gasteiger partial charge in [-0.2, -0.15) is 0 Å². The molecule has 3 aliphatic rings.